The van der Waals surface area contributed by atoms with Gasteiger partial charge in [-0.3, -0.25) is 0 Å². The van der Waals surface area contributed by atoms with E-state index in [4.69, 9.17) is 0 Å². The lowest BCUT2D eigenvalue weighted by Crippen LogP contribution is -2.07. The van der Waals surface area contributed by atoms with Crippen molar-refractivity contribution in [3.05, 3.63) is 59.7 Å². The number of sulfone groups is 1. The van der Waals surface area contributed by atoms with E-state index in [9.17, 15) is 26.0 Å². The van der Waals surface area contributed by atoms with Gasteiger partial charge >= 0.3 is 6.18 Å². The maximum absolute atomic E-state index is 14.2. The van der Waals surface area contributed by atoms with E-state index in [-0.39, 0.29) is 17.0 Å². The molecule has 0 amide bonds. The number of aryl methyl sites for hydroxylation is 1. The highest BCUT2D eigenvalue weighted by Gasteiger charge is 2.36. The summed E-state index contributed by atoms with van der Waals surface area (Å²) < 4.78 is 76.7. The van der Waals surface area contributed by atoms with Crippen LogP contribution in [0.15, 0.2) is 47.4 Å². The van der Waals surface area contributed by atoms with Gasteiger partial charge in [0.25, 0.3) is 0 Å². The van der Waals surface area contributed by atoms with Crippen LogP contribution in [0.5, 0.6) is 0 Å². The Morgan fingerprint density at radius 2 is 1.59 bits per heavy atom. The molecule has 1 N–H and O–H groups in total. The number of nitrogens with one attached hydrogen (secondary N) is 1. The maximum atomic E-state index is 14.2. The van der Waals surface area contributed by atoms with Crippen molar-refractivity contribution in [2.75, 3.05) is 6.26 Å². The molecule has 0 fully saturated rings. The van der Waals surface area contributed by atoms with Crippen LogP contribution in [0.4, 0.5) is 17.6 Å². The number of rotatable bonds is 3. The first-order valence-corrected chi connectivity index (χ1v) is 9.60. The van der Waals surface area contributed by atoms with Gasteiger partial charge in [0.05, 0.1) is 11.4 Å². The second kappa shape index (κ2) is 6.49. The number of aromatic amines is 1. The highest BCUT2D eigenvalue weighted by atomic mass is 32.2. The molecule has 0 spiro atoms. The van der Waals surface area contributed by atoms with Gasteiger partial charge in [-0.05, 0) is 19.1 Å². The lowest BCUT2D eigenvalue weighted by Gasteiger charge is -2.06. The maximum Gasteiger partial charge on any atom is 0.449 e. The number of nitrogens with zero attached hydrogens (tertiary/aromatic N) is 1. The molecule has 142 valence electrons. The van der Waals surface area contributed by atoms with Crippen LogP contribution in [0.2, 0.25) is 0 Å². The summed E-state index contributed by atoms with van der Waals surface area (Å²) in [5.41, 5.74) is 1.33. The molecule has 9 heteroatoms. The number of imidazole rings is 1. The molecular weight excluding hydrogens is 384 g/mol. The van der Waals surface area contributed by atoms with E-state index in [0.29, 0.717) is 5.56 Å². The number of aromatic nitrogens is 2. The summed E-state index contributed by atoms with van der Waals surface area (Å²) in [4.78, 5) is 5.30. The van der Waals surface area contributed by atoms with Crippen molar-refractivity contribution in [2.24, 2.45) is 0 Å². The molecule has 0 unspecified atom stereocenters. The van der Waals surface area contributed by atoms with E-state index < -0.39 is 32.6 Å². The monoisotopic (exact) mass is 398 g/mol. The summed E-state index contributed by atoms with van der Waals surface area (Å²) in [6.45, 7) is 1.83. The molecular formula is C18H14F4N2O2S. The third-order valence-corrected chi connectivity index (χ3v) is 5.05. The van der Waals surface area contributed by atoms with Crippen molar-refractivity contribution in [1.29, 1.82) is 0 Å². The number of hydrogen-bond donors (Lipinski definition) is 1. The van der Waals surface area contributed by atoms with Crippen LogP contribution in [0.1, 0.15) is 11.4 Å². The SMILES string of the molecule is Cc1ccc(-c2[nH]c(C(F)(F)F)nc2-c2ccc(S(C)(=O)=O)c(F)c2)cc1. The molecule has 0 atom stereocenters. The summed E-state index contributed by atoms with van der Waals surface area (Å²) in [6.07, 6.45) is -3.87. The van der Waals surface area contributed by atoms with Crippen molar-refractivity contribution >= 4 is 9.84 Å². The fraction of sp³-hybridized carbons (Fsp3) is 0.167. The first-order chi connectivity index (χ1) is 12.5. The van der Waals surface area contributed by atoms with E-state index in [0.717, 1.165) is 24.0 Å². The highest BCUT2D eigenvalue weighted by molar-refractivity contribution is 7.90. The smallest absolute Gasteiger partial charge is 0.334 e. The standard InChI is InChI=1S/C18H14F4N2O2S/c1-10-3-5-11(6-4-10)15-16(24-17(23-15)18(20,21)22)12-7-8-14(13(19)9-12)27(2,25)26/h3-9H,1-2H3,(H,23,24). The number of benzene rings is 2. The van der Waals surface area contributed by atoms with Crippen molar-refractivity contribution in [2.45, 2.75) is 18.0 Å². The van der Waals surface area contributed by atoms with Crippen LogP contribution in [0, 0.1) is 12.7 Å². The normalized spacial score (nSPS) is 12.4. The van der Waals surface area contributed by atoms with Gasteiger partial charge in [0.15, 0.2) is 9.84 Å². The Balaban J connectivity index is 2.21. The lowest BCUT2D eigenvalue weighted by molar-refractivity contribution is -0.144. The Bertz CT molecular complexity index is 1100. The quantitative estimate of drug-likeness (QED) is 0.655. The summed E-state index contributed by atoms with van der Waals surface area (Å²) >= 11 is 0. The van der Waals surface area contributed by atoms with Crippen LogP contribution in [-0.4, -0.2) is 24.6 Å². The van der Waals surface area contributed by atoms with Gasteiger partial charge < -0.3 is 4.98 Å². The van der Waals surface area contributed by atoms with Gasteiger partial charge in [-0.1, -0.05) is 35.9 Å². The van der Waals surface area contributed by atoms with E-state index in [1.54, 1.807) is 24.3 Å². The van der Waals surface area contributed by atoms with E-state index >= 15 is 0 Å². The molecule has 3 rings (SSSR count). The van der Waals surface area contributed by atoms with E-state index in [1.807, 2.05) is 6.92 Å². The fourth-order valence-corrected chi connectivity index (χ4v) is 3.32. The Hall–Kier alpha value is -2.68. The zero-order valence-electron chi connectivity index (χ0n) is 14.2. The summed E-state index contributed by atoms with van der Waals surface area (Å²) in [7, 11) is -3.80. The van der Waals surface area contributed by atoms with Crippen LogP contribution < -0.4 is 0 Å². The molecule has 27 heavy (non-hydrogen) atoms. The second-order valence-corrected chi connectivity index (χ2v) is 8.07. The first kappa shape index (κ1) is 19.1. The fourth-order valence-electron chi connectivity index (χ4n) is 2.59. The molecule has 4 nitrogen and oxygen atoms in total. The summed E-state index contributed by atoms with van der Waals surface area (Å²) in [5, 5.41) is 0. The molecule has 1 aromatic heterocycles. The minimum Gasteiger partial charge on any atom is -0.334 e. The number of alkyl halides is 3. The third kappa shape index (κ3) is 3.87. The van der Waals surface area contributed by atoms with Crippen LogP contribution in [0.3, 0.4) is 0 Å². The van der Waals surface area contributed by atoms with Crippen molar-refractivity contribution in [3.63, 3.8) is 0 Å². The molecule has 0 saturated heterocycles. The summed E-state index contributed by atoms with van der Waals surface area (Å²) in [6, 6.07) is 9.79. The Labute approximate surface area is 152 Å². The highest BCUT2D eigenvalue weighted by Crippen LogP contribution is 2.36. The summed E-state index contributed by atoms with van der Waals surface area (Å²) in [5.74, 6) is -2.28. The number of H-pyrrole nitrogens is 1. The number of hydrogen-bond acceptors (Lipinski definition) is 3. The topological polar surface area (TPSA) is 62.8 Å². The van der Waals surface area contributed by atoms with Crippen LogP contribution >= 0.6 is 0 Å². The van der Waals surface area contributed by atoms with Crippen LogP contribution in [-0.2, 0) is 16.0 Å². The largest absolute Gasteiger partial charge is 0.449 e. The minimum absolute atomic E-state index is 0.0298. The molecule has 0 bridgehead atoms. The average Bonchev–Trinajstić information content (AvgIpc) is 2.99. The Morgan fingerprint density at radius 3 is 2.11 bits per heavy atom. The molecule has 2 aromatic carbocycles. The predicted molar refractivity (Wildman–Crippen MR) is 92.3 cm³/mol. The van der Waals surface area contributed by atoms with Crippen molar-refractivity contribution in [3.8, 4) is 22.5 Å². The zero-order valence-corrected chi connectivity index (χ0v) is 15.0. The molecule has 0 aliphatic carbocycles. The molecule has 0 aliphatic rings. The molecule has 1 heterocycles. The zero-order chi connectivity index (χ0) is 20.0. The minimum atomic E-state index is -4.72. The average molecular weight is 398 g/mol. The van der Waals surface area contributed by atoms with Gasteiger partial charge in [-0.25, -0.2) is 17.8 Å². The van der Waals surface area contributed by atoms with Gasteiger partial charge in [0.2, 0.25) is 5.82 Å². The van der Waals surface area contributed by atoms with Crippen molar-refractivity contribution in [1.82, 2.24) is 9.97 Å². The van der Waals surface area contributed by atoms with Gasteiger partial charge in [-0.15, -0.1) is 0 Å². The van der Waals surface area contributed by atoms with E-state index in [2.05, 4.69) is 9.97 Å². The Morgan fingerprint density at radius 1 is 1.00 bits per heavy atom. The molecule has 0 radical (unpaired) electrons. The number of halogens is 4. The molecule has 0 saturated carbocycles. The van der Waals surface area contributed by atoms with Gasteiger partial charge in [-0.2, -0.15) is 13.2 Å². The lowest BCUT2D eigenvalue weighted by atomic mass is 10.0. The third-order valence-electron chi connectivity index (χ3n) is 3.92. The molecule has 3 aromatic rings. The Kier molecular flexibility index (Phi) is 4.59. The second-order valence-electron chi connectivity index (χ2n) is 6.09. The van der Waals surface area contributed by atoms with Gasteiger partial charge in [0.1, 0.15) is 10.7 Å². The first-order valence-electron chi connectivity index (χ1n) is 7.71. The molecule has 0 aliphatic heterocycles. The van der Waals surface area contributed by atoms with Crippen LogP contribution in [0.25, 0.3) is 22.5 Å². The van der Waals surface area contributed by atoms with E-state index in [1.165, 1.54) is 6.07 Å². The predicted octanol–water partition coefficient (Wildman–Crippen LogP) is 4.61. The van der Waals surface area contributed by atoms with Gasteiger partial charge in [0, 0.05) is 17.4 Å². The van der Waals surface area contributed by atoms with Crippen molar-refractivity contribution < 1.29 is 26.0 Å².